The number of nitrogens with one attached hydrogen (secondary N) is 1. The van der Waals surface area contributed by atoms with E-state index in [-0.39, 0.29) is 23.4 Å². The van der Waals surface area contributed by atoms with Crippen molar-refractivity contribution >= 4 is 23.2 Å². The zero-order valence-corrected chi connectivity index (χ0v) is 14.1. The maximum atomic E-state index is 13.7. The standard InChI is InChI=1S/C19H13ClF2N2O2/c20-15-4-2-1-3-12(15)10-24-11-13(5-8-18(24)25)19(26)23-17-7-6-14(21)9-16(17)22/h1-9,11H,10H2,(H,23,26). The fourth-order valence-corrected chi connectivity index (χ4v) is 2.58. The largest absolute Gasteiger partial charge is 0.319 e. The van der Waals surface area contributed by atoms with Gasteiger partial charge in [0, 0.05) is 23.4 Å². The summed E-state index contributed by atoms with van der Waals surface area (Å²) < 4.78 is 28.0. The number of amides is 1. The lowest BCUT2D eigenvalue weighted by atomic mass is 10.2. The van der Waals surface area contributed by atoms with E-state index in [0.717, 1.165) is 17.7 Å². The number of aromatic nitrogens is 1. The number of pyridine rings is 1. The lowest BCUT2D eigenvalue weighted by molar-refractivity contribution is 0.102. The van der Waals surface area contributed by atoms with Crippen LogP contribution in [0.2, 0.25) is 5.02 Å². The van der Waals surface area contributed by atoms with E-state index in [1.165, 1.54) is 22.9 Å². The maximum Gasteiger partial charge on any atom is 0.257 e. The molecule has 1 amide bonds. The Morgan fingerprint density at radius 3 is 2.58 bits per heavy atom. The number of nitrogens with zero attached hydrogens (tertiary/aromatic N) is 1. The molecule has 26 heavy (non-hydrogen) atoms. The number of hydrogen-bond acceptors (Lipinski definition) is 2. The van der Waals surface area contributed by atoms with E-state index in [4.69, 9.17) is 11.6 Å². The van der Waals surface area contributed by atoms with Gasteiger partial charge in [-0.15, -0.1) is 0 Å². The molecule has 0 radical (unpaired) electrons. The van der Waals surface area contributed by atoms with Crippen LogP contribution < -0.4 is 10.9 Å². The van der Waals surface area contributed by atoms with Gasteiger partial charge in [0.25, 0.3) is 11.5 Å². The van der Waals surface area contributed by atoms with Crippen molar-refractivity contribution in [3.8, 4) is 0 Å². The molecule has 1 aromatic heterocycles. The number of anilines is 1. The number of rotatable bonds is 4. The molecule has 0 aliphatic rings. The van der Waals surface area contributed by atoms with E-state index >= 15 is 0 Å². The van der Waals surface area contributed by atoms with Gasteiger partial charge in [-0.3, -0.25) is 9.59 Å². The average Bonchev–Trinajstić information content (AvgIpc) is 2.61. The summed E-state index contributed by atoms with van der Waals surface area (Å²) in [4.78, 5) is 24.4. The Morgan fingerprint density at radius 1 is 1.08 bits per heavy atom. The number of benzene rings is 2. The van der Waals surface area contributed by atoms with Crippen molar-refractivity contribution in [3.05, 3.63) is 98.9 Å². The zero-order chi connectivity index (χ0) is 18.7. The van der Waals surface area contributed by atoms with Gasteiger partial charge in [-0.1, -0.05) is 29.8 Å². The molecule has 7 heteroatoms. The second-order valence-electron chi connectivity index (χ2n) is 5.55. The summed E-state index contributed by atoms with van der Waals surface area (Å²) >= 11 is 6.10. The van der Waals surface area contributed by atoms with Crippen molar-refractivity contribution in [2.24, 2.45) is 0 Å². The fraction of sp³-hybridized carbons (Fsp3) is 0.0526. The summed E-state index contributed by atoms with van der Waals surface area (Å²) in [5.74, 6) is -2.25. The molecule has 0 saturated carbocycles. The first kappa shape index (κ1) is 17.8. The predicted molar refractivity (Wildman–Crippen MR) is 95.6 cm³/mol. The highest BCUT2D eigenvalue weighted by atomic mass is 35.5. The van der Waals surface area contributed by atoms with E-state index in [0.29, 0.717) is 11.1 Å². The third-order valence-electron chi connectivity index (χ3n) is 3.72. The van der Waals surface area contributed by atoms with Gasteiger partial charge in [-0.25, -0.2) is 8.78 Å². The van der Waals surface area contributed by atoms with Crippen LogP contribution in [0.5, 0.6) is 0 Å². The third kappa shape index (κ3) is 3.97. The Kier molecular flexibility index (Phi) is 5.14. The van der Waals surface area contributed by atoms with Gasteiger partial charge < -0.3 is 9.88 Å². The van der Waals surface area contributed by atoms with E-state index < -0.39 is 17.5 Å². The van der Waals surface area contributed by atoms with Gasteiger partial charge >= 0.3 is 0 Å². The van der Waals surface area contributed by atoms with Crippen LogP contribution in [0, 0.1) is 11.6 Å². The van der Waals surface area contributed by atoms with Gasteiger partial charge in [-0.2, -0.15) is 0 Å². The van der Waals surface area contributed by atoms with Crippen LogP contribution in [0.15, 0.2) is 65.6 Å². The average molecular weight is 375 g/mol. The first-order valence-electron chi connectivity index (χ1n) is 7.64. The van der Waals surface area contributed by atoms with Gasteiger partial charge in [0.15, 0.2) is 0 Å². The monoisotopic (exact) mass is 374 g/mol. The highest BCUT2D eigenvalue weighted by Gasteiger charge is 2.12. The molecule has 0 spiro atoms. The lowest BCUT2D eigenvalue weighted by Crippen LogP contribution is -2.23. The fourth-order valence-electron chi connectivity index (χ4n) is 2.38. The molecule has 0 aliphatic carbocycles. The van der Waals surface area contributed by atoms with Crippen molar-refractivity contribution in [1.82, 2.24) is 4.57 Å². The molecule has 1 heterocycles. The van der Waals surface area contributed by atoms with Crippen LogP contribution in [-0.2, 0) is 6.54 Å². The van der Waals surface area contributed by atoms with Crippen LogP contribution in [0.4, 0.5) is 14.5 Å². The van der Waals surface area contributed by atoms with E-state index in [1.54, 1.807) is 24.3 Å². The number of carbonyl (C=O) groups excluding carboxylic acids is 1. The molecule has 0 unspecified atom stereocenters. The number of carbonyl (C=O) groups is 1. The Labute approximate surface area is 152 Å². The van der Waals surface area contributed by atoms with Gasteiger partial charge in [0.05, 0.1) is 17.8 Å². The molecule has 132 valence electrons. The maximum absolute atomic E-state index is 13.7. The second-order valence-corrected chi connectivity index (χ2v) is 5.96. The van der Waals surface area contributed by atoms with Crippen LogP contribution in [-0.4, -0.2) is 10.5 Å². The summed E-state index contributed by atoms with van der Waals surface area (Å²) in [7, 11) is 0. The SMILES string of the molecule is O=C(Nc1ccc(F)cc1F)c1ccc(=O)n(Cc2ccccc2Cl)c1. The van der Waals surface area contributed by atoms with Crippen molar-refractivity contribution in [2.45, 2.75) is 6.54 Å². The zero-order valence-electron chi connectivity index (χ0n) is 13.4. The summed E-state index contributed by atoms with van der Waals surface area (Å²) in [6.45, 7) is 0.185. The normalized spacial score (nSPS) is 10.6. The highest BCUT2D eigenvalue weighted by Crippen LogP contribution is 2.17. The molecule has 3 rings (SSSR count). The van der Waals surface area contributed by atoms with Gasteiger partial charge in [0.2, 0.25) is 0 Å². The Morgan fingerprint density at radius 2 is 1.85 bits per heavy atom. The smallest absolute Gasteiger partial charge is 0.257 e. The molecule has 3 aromatic rings. The van der Waals surface area contributed by atoms with E-state index in [2.05, 4.69) is 5.32 Å². The molecule has 2 aromatic carbocycles. The van der Waals surface area contributed by atoms with Crippen LogP contribution in [0.25, 0.3) is 0 Å². The molecule has 0 saturated heterocycles. The minimum atomic E-state index is -0.886. The van der Waals surface area contributed by atoms with Crippen molar-refractivity contribution in [1.29, 1.82) is 0 Å². The van der Waals surface area contributed by atoms with Crippen LogP contribution in [0.3, 0.4) is 0 Å². The first-order chi connectivity index (χ1) is 12.4. The van der Waals surface area contributed by atoms with Gasteiger partial charge in [0.1, 0.15) is 11.6 Å². The minimum Gasteiger partial charge on any atom is -0.319 e. The number of hydrogen-bond donors (Lipinski definition) is 1. The Bertz CT molecular complexity index is 1030. The molecular formula is C19H13ClF2N2O2. The van der Waals surface area contributed by atoms with Crippen LogP contribution >= 0.6 is 11.6 Å². The minimum absolute atomic E-state index is 0.153. The molecule has 4 nitrogen and oxygen atoms in total. The van der Waals surface area contributed by atoms with Crippen LogP contribution in [0.1, 0.15) is 15.9 Å². The molecular weight excluding hydrogens is 362 g/mol. The molecule has 0 atom stereocenters. The van der Waals surface area contributed by atoms with Gasteiger partial charge in [-0.05, 0) is 29.8 Å². The Balaban J connectivity index is 1.86. The quantitative estimate of drug-likeness (QED) is 0.748. The lowest BCUT2D eigenvalue weighted by Gasteiger charge is -2.10. The van der Waals surface area contributed by atoms with E-state index in [1.807, 2.05) is 0 Å². The summed E-state index contributed by atoms with van der Waals surface area (Å²) in [5.41, 5.74) is 0.411. The number of halogens is 3. The molecule has 0 fully saturated rings. The van der Waals surface area contributed by atoms with E-state index in [9.17, 15) is 18.4 Å². The van der Waals surface area contributed by atoms with Crippen molar-refractivity contribution in [2.75, 3.05) is 5.32 Å². The Hall–Kier alpha value is -2.99. The second kappa shape index (κ2) is 7.49. The summed E-state index contributed by atoms with van der Waals surface area (Å²) in [5, 5.41) is 2.86. The van der Waals surface area contributed by atoms with Crippen molar-refractivity contribution in [3.63, 3.8) is 0 Å². The summed E-state index contributed by atoms with van der Waals surface area (Å²) in [6.07, 6.45) is 1.36. The first-order valence-corrected chi connectivity index (χ1v) is 8.02. The molecule has 0 bridgehead atoms. The highest BCUT2D eigenvalue weighted by molar-refractivity contribution is 6.31. The molecule has 0 aliphatic heterocycles. The van der Waals surface area contributed by atoms with Crippen molar-refractivity contribution < 1.29 is 13.6 Å². The molecule has 1 N–H and O–H groups in total. The topological polar surface area (TPSA) is 51.1 Å². The summed E-state index contributed by atoms with van der Waals surface area (Å²) in [6, 6.07) is 12.5. The predicted octanol–water partition coefficient (Wildman–Crippen LogP) is 4.08. The third-order valence-corrected chi connectivity index (χ3v) is 4.09.